The first-order valence-corrected chi connectivity index (χ1v) is 7.01. The zero-order chi connectivity index (χ0) is 14.1. The fraction of sp³-hybridized carbons (Fsp3) is 0.214. The number of hydrogen-bond donors (Lipinski definition) is 0. The van der Waals surface area contributed by atoms with E-state index in [4.69, 9.17) is 9.26 Å². The number of benzene rings is 1. The van der Waals surface area contributed by atoms with Crippen molar-refractivity contribution >= 4 is 28.3 Å². The largest absolute Gasteiger partial charge is 0.462 e. The van der Waals surface area contributed by atoms with Gasteiger partial charge < -0.3 is 9.26 Å². The Morgan fingerprint density at radius 1 is 1.40 bits per heavy atom. The number of para-hydroxylation sites is 1. The quantitative estimate of drug-likeness (QED) is 0.691. The molecule has 0 N–H and O–H groups in total. The maximum atomic E-state index is 11.8. The molecule has 0 radical (unpaired) electrons. The van der Waals surface area contributed by atoms with E-state index in [1.807, 2.05) is 24.3 Å². The van der Waals surface area contributed by atoms with Gasteiger partial charge in [-0.1, -0.05) is 17.3 Å². The van der Waals surface area contributed by atoms with Crippen molar-refractivity contribution < 1.29 is 14.1 Å². The van der Waals surface area contributed by atoms with Crippen molar-refractivity contribution in [2.75, 3.05) is 6.61 Å². The van der Waals surface area contributed by atoms with Crippen molar-refractivity contribution in [3.05, 3.63) is 34.8 Å². The molecule has 0 fully saturated rings. The summed E-state index contributed by atoms with van der Waals surface area (Å²) in [6.07, 6.45) is 0. The Balaban J connectivity index is 2.07. The van der Waals surface area contributed by atoms with E-state index in [0.717, 1.165) is 5.39 Å². The third kappa shape index (κ3) is 2.08. The van der Waals surface area contributed by atoms with E-state index in [1.165, 1.54) is 11.3 Å². The molecular weight excluding hydrogens is 276 g/mol. The van der Waals surface area contributed by atoms with Crippen molar-refractivity contribution in [2.45, 2.75) is 13.8 Å². The van der Waals surface area contributed by atoms with Crippen LogP contribution in [0.4, 0.5) is 0 Å². The first-order valence-electron chi connectivity index (χ1n) is 6.20. The number of hydrogen-bond acceptors (Lipinski definition) is 6. The third-order valence-electron chi connectivity index (χ3n) is 2.84. The van der Waals surface area contributed by atoms with Crippen LogP contribution in [0.1, 0.15) is 22.3 Å². The number of rotatable bonds is 3. The van der Waals surface area contributed by atoms with Gasteiger partial charge in [-0.05, 0) is 26.0 Å². The lowest BCUT2D eigenvalue weighted by molar-refractivity contribution is 0.0531. The van der Waals surface area contributed by atoms with E-state index in [-0.39, 0.29) is 5.97 Å². The summed E-state index contributed by atoms with van der Waals surface area (Å²) in [6.45, 7) is 3.91. The summed E-state index contributed by atoms with van der Waals surface area (Å²) in [4.78, 5) is 16.7. The Morgan fingerprint density at radius 2 is 2.20 bits per heavy atom. The van der Waals surface area contributed by atoms with Gasteiger partial charge in [0.1, 0.15) is 15.6 Å². The molecule has 0 spiro atoms. The van der Waals surface area contributed by atoms with Crippen molar-refractivity contribution in [1.82, 2.24) is 10.1 Å². The summed E-state index contributed by atoms with van der Waals surface area (Å²) in [7, 11) is 0. The second kappa shape index (κ2) is 5.05. The molecule has 0 aliphatic rings. The summed E-state index contributed by atoms with van der Waals surface area (Å²) >= 11 is 1.27. The second-order valence-electron chi connectivity index (χ2n) is 4.18. The molecule has 0 amide bonds. The number of carbonyl (C=O) groups excluding carboxylic acids is 1. The molecule has 0 aliphatic carbocycles. The van der Waals surface area contributed by atoms with Crippen LogP contribution in [-0.4, -0.2) is 22.7 Å². The molecule has 0 saturated heterocycles. The normalized spacial score (nSPS) is 10.9. The Hall–Kier alpha value is -2.21. The van der Waals surface area contributed by atoms with Crippen LogP contribution in [-0.2, 0) is 4.74 Å². The van der Waals surface area contributed by atoms with Crippen LogP contribution >= 0.6 is 11.3 Å². The highest BCUT2D eigenvalue weighted by atomic mass is 32.1. The van der Waals surface area contributed by atoms with Gasteiger partial charge in [-0.2, -0.15) is 0 Å². The molecule has 1 aromatic carbocycles. The van der Waals surface area contributed by atoms with Crippen LogP contribution in [0.25, 0.3) is 21.7 Å². The van der Waals surface area contributed by atoms with Gasteiger partial charge in [0.2, 0.25) is 0 Å². The Bertz CT molecular complexity index is 776. The van der Waals surface area contributed by atoms with Crippen LogP contribution in [0.15, 0.2) is 28.8 Å². The van der Waals surface area contributed by atoms with E-state index in [1.54, 1.807) is 13.8 Å². The highest BCUT2D eigenvalue weighted by Gasteiger charge is 2.20. The molecule has 20 heavy (non-hydrogen) atoms. The molecular formula is C14H12N2O3S. The molecule has 5 nitrogen and oxygen atoms in total. The minimum atomic E-state index is -0.346. The molecule has 102 valence electrons. The second-order valence-corrected chi connectivity index (χ2v) is 5.18. The Labute approximate surface area is 119 Å². The van der Waals surface area contributed by atoms with Gasteiger partial charge in [0.15, 0.2) is 5.58 Å². The van der Waals surface area contributed by atoms with Crippen LogP contribution in [0.5, 0.6) is 0 Å². The van der Waals surface area contributed by atoms with Crippen molar-refractivity contribution in [1.29, 1.82) is 0 Å². The number of carbonyl (C=O) groups is 1. The predicted molar refractivity (Wildman–Crippen MR) is 75.8 cm³/mol. The molecule has 3 rings (SSSR count). The summed E-state index contributed by atoms with van der Waals surface area (Å²) in [6, 6.07) is 7.56. The van der Waals surface area contributed by atoms with Gasteiger partial charge in [-0.15, -0.1) is 11.3 Å². The number of ether oxygens (including phenoxy) is 1. The van der Waals surface area contributed by atoms with Gasteiger partial charge in [0.05, 0.1) is 17.7 Å². The van der Waals surface area contributed by atoms with Crippen LogP contribution < -0.4 is 0 Å². The molecule has 2 heterocycles. The van der Waals surface area contributed by atoms with Gasteiger partial charge in [-0.3, -0.25) is 0 Å². The number of nitrogens with zero attached hydrogens (tertiary/aromatic N) is 2. The zero-order valence-corrected chi connectivity index (χ0v) is 11.9. The smallest absolute Gasteiger partial charge is 0.350 e. The van der Waals surface area contributed by atoms with Gasteiger partial charge in [-0.25, -0.2) is 9.78 Å². The maximum Gasteiger partial charge on any atom is 0.350 e. The molecule has 0 atom stereocenters. The summed E-state index contributed by atoms with van der Waals surface area (Å²) in [5, 5.41) is 5.59. The van der Waals surface area contributed by atoms with E-state index >= 15 is 0 Å². The standard InChI is InChI=1S/C14H12N2O3S/c1-3-18-14(17)12-8(2)15-13(20-12)11-9-6-4-5-7-10(9)19-16-11/h4-7H,3H2,1-2H3. The Kier molecular flexibility index (Phi) is 3.23. The number of fused-ring (bicyclic) bond motifs is 1. The fourth-order valence-corrected chi connectivity index (χ4v) is 2.88. The molecule has 3 aromatic rings. The lowest BCUT2D eigenvalue weighted by Crippen LogP contribution is -2.03. The average Bonchev–Trinajstić information content (AvgIpc) is 3.02. The van der Waals surface area contributed by atoms with Gasteiger partial charge in [0.25, 0.3) is 0 Å². The van der Waals surface area contributed by atoms with E-state index in [9.17, 15) is 4.79 Å². The summed E-state index contributed by atoms with van der Waals surface area (Å²) in [5.41, 5.74) is 2.01. The van der Waals surface area contributed by atoms with Crippen molar-refractivity contribution in [3.63, 3.8) is 0 Å². The maximum absolute atomic E-state index is 11.8. The SMILES string of the molecule is CCOC(=O)c1sc(-c2noc3ccccc23)nc1C. The monoisotopic (exact) mass is 288 g/mol. The van der Waals surface area contributed by atoms with E-state index in [0.29, 0.717) is 33.5 Å². The lowest BCUT2D eigenvalue weighted by atomic mass is 10.2. The minimum Gasteiger partial charge on any atom is -0.462 e. The van der Waals surface area contributed by atoms with Crippen LogP contribution in [0, 0.1) is 6.92 Å². The highest BCUT2D eigenvalue weighted by molar-refractivity contribution is 7.17. The van der Waals surface area contributed by atoms with Crippen molar-refractivity contribution in [3.8, 4) is 10.7 Å². The topological polar surface area (TPSA) is 65.2 Å². The van der Waals surface area contributed by atoms with Gasteiger partial charge >= 0.3 is 5.97 Å². The first kappa shape index (κ1) is 12.8. The minimum absolute atomic E-state index is 0.346. The predicted octanol–water partition coefficient (Wildman–Crippen LogP) is 3.44. The Morgan fingerprint density at radius 3 is 3.00 bits per heavy atom. The highest BCUT2D eigenvalue weighted by Crippen LogP contribution is 2.32. The number of esters is 1. The molecule has 0 bridgehead atoms. The number of thiazole rings is 1. The summed E-state index contributed by atoms with van der Waals surface area (Å²) < 4.78 is 10.3. The first-order chi connectivity index (χ1) is 9.70. The molecule has 6 heteroatoms. The third-order valence-corrected chi connectivity index (χ3v) is 3.98. The molecule has 0 unspecified atom stereocenters. The fourth-order valence-electron chi connectivity index (χ4n) is 1.92. The summed E-state index contributed by atoms with van der Waals surface area (Å²) in [5.74, 6) is -0.346. The molecule has 2 aromatic heterocycles. The number of aromatic nitrogens is 2. The van der Waals surface area contributed by atoms with Crippen molar-refractivity contribution in [2.24, 2.45) is 0 Å². The van der Waals surface area contributed by atoms with E-state index in [2.05, 4.69) is 10.1 Å². The average molecular weight is 288 g/mol. The number of aryl methyl sites for hydroxylation is 1. The van der Waals surface area contributed by atoms with Gasteiger partial charge in [0, 0.05) is 0 Å². The molecule has 0 aliphatic heterocycles. The van der Waals surface area contributed by atoms with E-state index < -0.39 is 0 Å². The zero-order valence-electron chi connectivity index (χ0n) is 11.0. The molecule has 0 saturated carbocycles. The lowest BCUT2D eigenvalue weighted by Gasteiger charge is -1.97. The van der Waals surface area contributed by atoms with Crippen LogP contribution in [0.3, 0.4) is 0 Å². The van der Waals surface area contributed by atoms with Crippen LogP contribution in [0.2, 0.25) is 0 Å².